The fraction of sp³-hybridized carbons (Fsp3) is 0.467. The quantitative estimate of drug-likeness (QED) is 0.847. The van der Waals surface area contributed by atoms with Gasteiger partial charge in [-0.3, -0.25) is 0 Å². The molecule has 0 unspecified atom stereocenters. The van der Waals surface area contributed by atoms with Crippen molar-refractivity contribution in [1.82, 2.24) is 14.5 Å². The minimum absolute atomic E-state index is 0.0574. The van der Waals surface area contributed by atoms with Gasteiger partial charge in [0.05, 0.1) is 19.3 Å². The Hall–Kier alpha value is -1.93. The first kappa shape index (κ1) is 15.9. The zero-order valence-corrected chi connectivity index (χ0v) is 13.9. The Morgan fingerprint density at radius 1 is 1.26 bits per heavy atom. The molecule has 3 rings (SSSR count). The molecule has 2 aromatic rings. The highest BCUT2D eigenvalue weighted by Gasteiger charge is 2.30. The van der Waals surface area contributed by atoms with E-state index in [2.05, 4.69) is 10.2 Å². The molecule has 7 nitrogen and oxygen atoms in total. The first-order chi connectivity index (χ1) is 11.0. The van der Waals surface area contributed by atoms with Crippen molar-refractivity contribution in [2.75, 3.05) is 26.5 Å². The SMILES string of the molecule is COc1ccc(-c2nnc([C@H]3CCCN(S(C)(=O)=O)C3)o2)cc1. The average Bonchev–Trinajstić information content (AvgIpc) is 3.04. The Bertz CT molecular complexity index is 770. The molecule has 0 N–H and O–H groups in total. The van der Waals surface area contributed by atoms with Gasteiger partial charge in [-0.2, -0.15) is 0 Å². The maximum absolute atomic E-state index is 11.7. The fourth-order valence-electron chi connectivity index (χ4n) is 2.70. The van der Waals surface area contributed by atoms with Gasteiger partial charge in [0.2, 0.25) is 21.8 Å². The lowest BCUT2D eigenvalue weighted by atomic mass is 10.00. The molecule has 1 fully saturated rings. The lowest BCUT2D eigenvalue weighted by Crippen LogP contribution is -2.38. The van der Waals surface area contributed by atoms with E-state index in [9.17, 15) is 8.42 Å². The molecule has 23 heavy (non-hydrogen) atoms. The Balaban J connectivity index is 1.78. The van der Waals surface area contributed by atoms with Crippen LogP contribution in [-0.2, 0) is 10.0 Å². The highest BCUT2D eigenvalue weighted by Crippen LogP contribution is 2.29. The first-order valence-corrected chi connectivity index (χ1v) is 9.25. The molecule has 124 valence electrons. The number of aromatic nitrogens is 2. The Labute approximate surface area is 135 Å². The van der Waals surface area contributed by atoms with E-state index in [4.69, 9.17) is 9.15 Å². The third-order valence-electron chi connectivity index (χ3n) is 3.98. The Kier molecular flexibility index (Phi) is 4.36. The molecule has 1 atom stereocenters. The second kappa shape index (κ2) is 6.29. The number of benzene rings is 1. The summed E-state index contributed by atoms with van der Waals surface area (Å²) in [5.41, 5.74) is 0.806. The van der Waals surface area contributed by atoms with Gasteiger partial charge >= 0.3 is 0 Å². The molecular formula is C15H19N3O4S. The molecule has 0 radical (unpaired) electrons. The minimum atomic E-state index is -3.19. The van der Waals surface area contributed by atoms with E-state index in [1.807, 2.05) is 24.3 Å². The molecule has 1 aliphatic rings. The number of hydrogen-bond acceptors (Lipinski definition) is 6. The molecule has 1 aliphatic heterocycles. The van der Waals surface area contributed by atoms with Gasteiger partial charge in [-0.15, -0.1) is 10.2 Å². The van der Waals surface area contributed by atoms with Crippen LogP contribution >= 0.6 is 0 Å². The van der Waals surface area contributed by atoms with E-state index < -0.39 is 10.0 Å². The van der Waals surface area contributed by atoms with Crippen LogP contribution in [0.1, 0.15) is 24.7 Å². The van der Waals surface area contributed by atoms with Gasteiger partial charge in [0.15, 0.2) is 0 Å². The van der Waals surface area contributed by atoms with Crippen molar-refractivity contribution in [2.24, 2.45) is 0 Å². The second-order valence-corrected chi connectivity index (χ2v) is 7.62. The van der Waals surface area contributed by atoms with Crippen LogP contribution in [0.4, 0.5) is 0 Å². The molecular weight excluding hydrogens is 318 g/mol. The summed E-state index contributed by atoms with van der Waals surface area (Å²) in [5.74, 6) is 1.62. The Morgan fingerprint density at radius 2 is 2.00 bits per heavy atom. The highest BCUT2D eigenvalue weighted by molar-refractivity contribution is 7.88. The summed E-state index contributed by atoms with van der Waals surface area (Å²) >= 11 is 0. The number of sulfonamides is 1. The van der Waals surface area contributed by atoms with Crippen LogP contribution in [0.25, 0.3) is 11.5 Å². The van der Waals surface area contributed by atoms with Crippen molar-refractivity contribution in [3.63, 3.8) is 0 Å². The van der Waals surface area contributed by atoms with Crippen molar-refractivity contribution >= 4 is 10.0 Å². The summed E-state index contributed by atoms with van der Waals surface area (Å²) < 4.78 is 35.7. The topological polar surface area (TPSA) is 85.5 Å². The van der Waals surface area contributed by atoms with Gasteiger partial charge in [-0.1, -0.05) is 0 Å². The molecule has 1 aromatic carbocycles. The first-order valence-electron chi connectivity index (χ1n) is 7.40. The van der Waals surface area contributed by atoms with Crippen molar-refractivity contribution in [2.45, 2.75) is 18.8 Å². The van der Waals surface area contributed by atoms with Crippen molar-refractivity contribution in [3.05, 3.63) is 30.2 Å². The van der Waals surface area contributed by atoms with Crippen LogP contribution in [-0.4, -0.2) is 49.4 Å². The minimum Gasteiger partial charge on any atom is -0.497 e. The number of hydrogen-bond donors (Lipinski definition) is 0. The molecule has 0 bridgehead atoms. The van der Waals surface area contributed by atoms with Crippen molar-refractivity contribution < 1.29 is 17.6 Å². The monoisotopic (exact) mass is 337 g/mol. The molecule has 0 spiro atoms. The van der Waals surface area contributed by atoms with Gasteiger partial charge in [-0.25, -0.2) is 12.7 Å². The number of piperidine rings is 1. The molecule has 1 aromatic heterocycles. The average molecular weight is 337 g/mol. The van der Waals surface area contributed by atoms with E-state index in [1.165, 1.54) is 10.6 Å². The van der Waals surface area contributed by atoms with Gasteiger partial charge in [0.25, 0.3) is 0 Å². The third-order valence-corrected chi connectivity index (χ3v) is 5.25. The van der Waals surface area contributed by atoms with Crippen LogP contribution < -0.4 is 4.74 Å². The zero-order valence-electron chi connectivity index (χ0n) is 13.1. The summed E-state index contributed by atoms with van der Waals surface area (Å²) in [6.45, 7) is 0.942. The predicted molar refractivity (Wildman–Crippen MR) is 84.7 cm³/mol. The van der Waals surface area contributed by atoms with Crippen LogP contribution in [0.5, 0.6) is 5.75 Å². The number of nitrogens with zero attached hydrogens (tertiary/aromatic N) is 3. The van der Waals surface area contributed by atoms with Crippen LogP contribution in [0.15, 0.2) is 28.7 Å². The van der Waals surface area contributed by atoms with E-state index >= 15 is 0 Å². The van der Waals surface area contributed by atoms with Gasteiger partial charge < -0.3 is 9.15 Å². The maximum Gasteiger partial charge on any atom is 0.247 e. The van der Waals surface area contributed by atoms with Crippen molar-refractivity contribution in [3.8, 4) is 17.2 Å². The summed E-state index contributed by atoms with van der Waals surface area (Å²) in [5, 5.41) is 8.18. The fourth-order valence-corrected chi connectivity index (χ4v) is 3.61. The number of ether oxygens (including phenoxy) is 1. The van der Waals surface area contributed by atoms with Crippen LogP contribution in [0.3, 0.4) is 0 Å². The van der Waals surface area contributed by atoms with E-state index in [1.54, 1.807) is 7.11 Å². The van der Waals surface area contributed by atoms with E-state index in [-0.39, 0.29) is 5.92 Å². The largest absolute Gasteiger partial charge is 0.497 e. The molecule has 0 saturated carbocycles. The lowest BCUT2D eigenvalue weighted by Gasteiger charge is -2.28. The summed E-state index contributed by atoms with van der Waals surface area (Å²) in [4.78, 5) is 0. The number of methoxy groups -OCH3 is 1. The second-order valence-electron chi connectivity index (χ2n) is 5.63. The lowest BCUT2D eigenvalue weighted by molar-refractivity contribution is 0.287. The third kappa shape index (κ3) is 3.53. The summed E-state index contributed by atoms with van der Waals surface area (Å²) in [6, 6.07) is 7.34. The maximum atomic E-state index is 11.7. The standard InChI is InChI=1S/C15H19N3O4S/c1-21-13-7-5-11(6-8-13)14-16-17-15(22-14)12-4-3-9-18(10-12)23(2,19)20/h5-8,12H,3-4,9-10H2,1-2H3/t12-/m0/s1. The predicted octanol–water partition coefficient (Wildman–Crippen LogP) is 1.88. The number of rotatable bonds is 4. The summed E-state index contributed by atoms with van der Waals surface area (Å²) in [7, 11) is -1.58. The molecule has 2 heterocycles. The normalized spacial score (nSPS) is 19.7. The smallest absolute Gasteiger partial charge is 0.247 e. The zero-order chi connectivity index (χ0) is 16.4. The molecule has 1 saturated heterocycles. The van der Waals surface area contributed by atoms with E-state index in [0.29, 0.717) is 24.9 Å². The van der Waals surface area contributed by atoms with E-state index in [0.717, 1.165) is 24.2 Å². The summed E-state index contributed by atoms with van der Waals surface area (Å²) in [6.07, 6.45) is 2.86. The molecule has 0 aliphatic carbocycles. The van der Waals surface area contributed by atoms with Gasteiger partial charge in [-0.05, 0) is 37.1 Å². The highest BCUT2D eigenvalue weighted by atomic mass is 32.2. The Morgan fingerprint density at radius 3 is 2.65 bits per heavy atom. The van der Waals surface area contributed by atoms with Crippen LogP contribution in [0, 0.1) is 0 Å². The molecule has 8 heteroatoms. The van der Waals surface area contributed by atoms with Crippen LogP contribution in [0.2, 0.25) is 0 Å². The molecule has 0 amide bonds. The van der Waals surface area contributed by atoms with Gasteiger partial charge in [0.1, 0.15) is 5.75 Å². The van der Waals surface area contributed by atoms with Gasteiger partial charge in [0, 0.05) is 18.7 Å². The van der Waals surface area contributed by atoms with Crippen molar-refractivity contribution in [1.29, 1.82) is 0 Å².